The number of Topliss-reactive ketones (excluding diaryl/α,β-unsaturated/α-hetero) is 1. The molecule has 0 spiro atoms. The quantitative estimate of drug-likeness (QED) is 0.371. The topological polar surface area (TPSA) is 87.0 Å². The molecule has 1 aliphatic rings. The molecule has 5 heteroatoms. The van der Waals surface area contributed by atoms with Crippen LogP contribution < -0.4 is 4.74 Å². The van der Waals surface area contributed by atoms with Gasteiger partial charge in [0.15, 0.2) is 11.5 Å². The molecular formula is C25H40O5. The lowest BCUT2D eigenvalue weighted by molar-refractivity contribution is -0.121. The summed E-state index contributed by atoms with van der Waals surface area (Å²) in [5.74, 6) is 1.10. The highest BCUT2D eigenvalue weighted by Crippen LogP contribution is 2.35. The average molecular weight is 421 g/mol. The molecule has 0 amide bonds. The fourth-order valence-electron chi connectivity index (χ4n) is 4.36. The molecule has 0 saturated heterocycles. The largest absolute Gasteiger partial charge is 0.504 e. The lowest BCUT2D eigenvalue weighted by Crippen LogP contribution is -2.30. The van der Waals surface area contributed by atoms with Crippen molar-refractivity contribution < 1.29 is 24.9 Å². The van der Waals surface area contributed by atoms with Gasteiger partial charge in [0, 0.05) is 19.4 Å². The van der Waals surface area contributed by atoms with E-state index in [0.717, 1.165) is 56.9 Å². The summed E-state index contributed by atoms with van der Waals surface area (Å²) in [6.45, 7) is 2.32. The SMILES string of the molecule is CCCCC[C@@H](O)CC(=O)CCc1ccc(O)c(O[C@H]2CCCC[C@@H]2CCCO)c1. The number of carbonyl (C=O) groups is 1. The number of benzene rings is 1. The van der Waals surface area contributed by atoms with Crippen LogP contribution in [0.4, 0.5) is 0 Å². The van der Waals surface area contributed by atoms with Crippen molar-refractivity contribution in [2.75, 3.05) is 6.61 Å². The Hall–Kier alpha value is -1.59. The summed E-state index contributed by atoms with van der Waals surface area (Å²) >= 11 is 0. The zero-order valence-electron chi connectivity index (χ0n) is 18.5. The molecule has 0 radical (unpaired) electrons. The second kappa shape index (κ2) is 13.7. The minimum absolute atomic E-state index is 0.0614. The Morgan fingerprint density at radius 1 is 1.20 bits per heavy atom. The second-order valence-electron chi connectivity index (χ2n) is 8.76. The number of aryl methyl sites for hydroxylation is 1. The number of rotatable bonds is 14. The highest BCUT2D eigenvalue weighted by atomic mass is 16.5. The normalized spacial score (nSPS) is 20.1. The summed E-state index contributed by atoms with van der Waals surface area (Å²) in [5, 5.41) is 29.4. The number of ether oxygens (including phenoxy) is 1. The first kappa shape index (κ1) is 24.7. The van der Waals surface area contributed by atoms with Gasteiger partial charge in [0.2, 0.25) is 0 Å². The van der Waals surface area contributed by atoms with Crippen molar-refractivity contribution in [3.8, 4) is 11.5 Å². The molecule has 0 aromatic heterocycles. The van der Waals surface area contributed by atoms with Crippen LogP contribution in [0.5, 0.6) is 11.5 Å². The van der Waals surface area contributed by atoms with E-state index in [0.29, 0.717) is 30.9 Å². The maximum Gasteiger partial charge on any atom is 0.161 e. The van der Waals surface area contributed by atoms with Crippen molar-refractivity contribution in [3.05, 3.63) is 23.8 Å². The number of hydrogen-bond donors (Lipinski definition) is 3. The van der Waals surface area contributed by atoms with Crippen LogP contribution in [0.15, 0.2) is 18.2 Å². The number of aliphatic hydroxyl groups excluding tert-OH is 2. The molecule has 3 N–H and O–H groups in total. The van der Waals surface area contributed by atoms with Crippen LogP contribution in [0.2, 0.25) is 0 Å². The van der Waals surface area contributed by atoms with E-state index in [2.05, 4.69) is 6.92 Å². The van der Waals surface area contributed by atoms with Gasteiger partial charge in [-0.05, 0) is 68.6 Å². The van der Waals surface area contributed by atoms with Crippen LogP contribution in [0.1, 0.15) is 89.5 Å². The minimum Gasteiger partial charge on any atom is -0.504 e. The Morgan fingerprint density at radius 3 is 2.77 bits per heavy atom. The van der Waals surface area contributed by atoms with Gasteiger partial charge in [0.05, 0.1) is 6.10 Å². The smallest absolute Gasteiger partial charge is 0.161 e. The van der Waals surface area contributed by atoms with Crippen molar-refractivity contribution in [1.82, 2.24) is 0 Å². The zero-order chi connectivity index (χ0) is 21.8. The van der Waals surface area contributed by atoms with E-state index in [1.165, 1.54) is 6.42 Å². The lowest BCUT2D eigenvalue weighted by atomic mass is 9.83. The third kappa shape index (κ3) is 8.65. The van der Waals surface area contributed by atoms with Gasteiger partial charge in [-0.25, -0.2) is 0 Å². The van der Waals surface area contributed by atoms with Gasteiger partial charge in [-0.2, -0.15) is 0 Å². The Bertz CT molecular complexity index is 630. The summed E-state index contributed by atoms with van der Waals surface area (Å²) < 4.78 is 6.21. The van der Waals surface area contributed by atoms with E-state index in [4.69, 9.17) is 9.84 Å². The summed E-state index contributed by atoms with van der Waals surface area (Å²) in [5.41, 5.74) is 0.958. The van der Waals surface area contributed by atoms with Crippen molar-refractivity contribution in [1.29, 1.82) is 0 Å². The van der Waals surface area contributed by atoms with E-state index in [1.54, 1.807) is 6.07 Å². The molecule has 0 unspecified atom stereocenters. The summed E-state index contributed by atoms with van der Waals surface area (Å²) in [6, 6.07) is 5.32. The van der Waals surface area contributed by atoms with Gasteiger partial charge in [-0.3, -0.25) is 4.79 Å². The fourth-order valence-corrected chi connectivity index (χ4v) is 4.36. The molecule has 1 aliphatic carbocycles. The van der Waals surface area contributed by atoms with Crippen LogP contribution >= 0.6 is 0 Å². The summed E-state index contributed by atoms with van der Waals surface area (Å²) in [7, 11) is 0. The zero-order valence-corrected chi connectivity index (χ0v) is 18.5. The number of ketones is 1. The summed E-state index contributed by atoms with van der Waals surface area (Å²) in [4.78, 5) is 12.2. The number of unbranched alkanes of at least 4 members (excludes halogenated alkanes) is 2. The highest BCUT2D eigenvalue weighted by molar-refractivity contribution is 5.79. The van der Waals surface area contributed by atoms with Crippen LogP contribution in [-0.4, -0.2) is 39.9 Å². The Balaban J connectivity index is 1.87. The maximum absolute atomic E-state index is 12.2. The Kier molecular flexibility index (Phi) is 11.2. The third-order valence-corrected chi connectivity index (χ3v) is 6.17. The lowest BCUT2D eigenvalue weighted by Gasteiger charge is -2.32. The molecular weight excluding hydrogens is 380 g/mol. The second-order valence-corrected chi connectivity index (χ2v) is 8.76. The molecule has 30 heavy (non-hydrogen) atoms. The molecule has 2 rings (SSSR count). The molecule has 0 aliphatic heterocycles. The van der Waals surface area contributed by atoms with Crippen LogP contribution in [0.3, 0.4) is 0 Å². The standard InChI is InChI=1S/C25H40O5/c1-2-3-4-10-21(27)18-22(28)14-12-19-13-15-23(29)25(17-19)30-24-11-6-5-8-20(24)9-7-16-26/h13,15,17,20-21,24,26-27,29H,2-12,14,16,18H2,1H3/t20-,21-,24+/m1/s1. The van der Waals surface area contributed by atoms with Crippen molar-refractivity contribution in [2.45, 2.75) is 103 Å². The van der Waals surface area contributed by atoms with Gasteiger partial charge in [0.25, 0.3) is 0 Å². The van der Waals surface area contributed by atoms with Crippen molar-refractivity contribution in [3.63, 3.8) is 0 Å². The van der Waals surface area contributed by atoms with E-state index in [1.807, 2.05) is 12.1 Å². The van der Waals surface area contributed by atoms with Gasteiger partial charge in [-0.15, -0.1) is 0 Å². The Labute approximate surface area is 181 Å². The monoisotopic (exact) mass is 420 g/mol. The first-order valence-electron chi connectivity index (χ1n) is 11.8. The van der Waals surface area contributed by atoms with Gasteiger partial charge in [0.1, 0.15) is 11.9 Å². The third-order valence-electron chi connectivity index (χ3n) is 6.17. The molecule has 0 bridgehead atoms. The Morgan fingerprint density at radius 2 is 2.00 bits per heavy atom. The molecule has 1 aromatic carbocycles. The summed E-state index contributed by atoms with van der Waals surface area (Å²) in [6.07, 6.45) is 10.7. The van der Waals surface area contributed by atoms with E-state index in [9.17, 15) is 15.0 Å². The van der Waals surface area contributed by atoms with E-state index >= 15 is 0 Å². The molecule has 0 heterocycles. The number of phenolic OH excluding ortho intramolecular Hbond substituents is 1. The molecule has 1 saturated carbocycles. The van der Waals surface area contributed by atoms with Crippen LogP contribution in [0.25, 0.3) is 0 Å². The number of hydrogen-bond acceptors (Lipinski definition) is 5. The molecule has 1 fully saturated rings. The predicted octanol–water partition coefficient (Wildman–Crippen LogP) is 4.94. The molecule has 1 aromatic rings. The van der Waals surface area contributed by atoms with E-state index < -0.39 is 6.10 Å². The highest BCUT2D eigenvalue weighted by Gasteiger charge is 2.27. The predicted molar refractivity (Wildman–Crippen MR) is 119 cm³/mol. The van der Waals surface area contributed by atoms with Crippen LogP contribution in [0, 0.1) is 5.92 Å². The van der Waals surface area contributed by atoms with Crippen molar-refractivity contribution in [2.24, 2.45) is 5.92 Å². The molecule has 170 valence electrons. The molecule has 3 atom stereocenters. The van der Waals surface area contributed by atoms with Gasteiger partial charge in [-0.1, -0.05) is 38.7 Å². The van der Waals surface area contributed by atoms with Gasteiger partial charge < -0.3 is 20.1 Å². The number of carbonyl (C=O) groups excluding carboxylic acids is 1. The van der Waals surface area contributed by atoms with Crippen molar-refractivity contribution >= 4 is 5.78 Å². The molecule has 5 nitrogen and oxygen atoms in total. The average Bonchev–Trinajstić information content (AvgIpc) is 2.74. The maximum atomic E-state index is 12.2. The van der Waals surface area contributed by atoms with E-state index in [-0.39, 0.29) is 30.7 Å². The number of aliphatic hydroxyl groups is 2. The number of aromatic hydroxyl groups is 1. The first-order valence-corrected chi connectivity index (χ1v) is 11.8. The number of phenols is 1. The van der Waals surface area contributed by atoms with Gasteiger partial charge >= 0.3 is 0 Å². The first-order chi connectivity index (χ1) is 14.5. The van der Waals surface area contributed by atoms with Crippen LogP contribution in [-0.2, 0) is 11.2 Å². The fraction of sp³-hybridized carbons (Fsp3) is 0.720. The minimum atomic E-state index is -0.537.